The number of nitrogens with one attached hydrogen (secondary N) is 1. The minimum absolute atomic E-state index is 0.236. The molecule has 136 valence electrons. The minimum atomic E-state index is -4.71. The lowest BCUT2D eigenvalue weighted by Gasteiger charge is -2.12. The van der Waals surface area contributed by atoms with Crippen molar-refractivity contribution in [1.82, 2.24) is 15.1 Å². The number of rotatable bonds is 5. The first kappa shape index (κ1) is 18.7. The Hall–Kier alpha value is -2.13. The Balaban J connectivity index is 1.80. The van der Waals surface area contributed by atoms with E-state index in [-0.39, 0.29) is 12.2 Å². The van der Waals surface area contributed by atoms with Crippen molar-refractivity contribution in [2.45, 2.75) is 12.6 Å². The summed E-state index contributed by atoms with van der Waals surface area (Å²) in [5.74, 6) is -0.796. The normalized spacial score (nSPS) is 11.5. The molecule has 26 heavy (non-hydrogen) atoms. The fourth-order valence-electron chi connectivity index (χ4n) is 2.43. The SMILES string of the molecule is O=C(NCCc1ccc(Br)s1)c1cnn(-c2ccccc2)c1C(F)(F)F. The Kier molecular flexibility index (Phi) is 5.47. The molecule has 0 saturated heterocycles. The van der Waals surface area contributed by atoms with E-state index in [4.69, 9.17) is 0 Å². The molecule has 3 rings (SSSR count). The Morgan fingerprint density at radius 1 is 1.19 bits per heavy atom. The highest BCUT2D eigenvalue weighted by Crippen LogP contribution is 2.33. The fourth-order valence-corrected chi connectivity index (χ4v) is 3.92. The van der Waals surface area contributed by atoms with E-state index < -0.39 is 23.3 Å². The predicted molar refractivity (Wildman–Crippen MR) is 96.6 cm³/mol. The summed E-state index contributed by atoms with van der Waals surface area (Å²) in [6, 6.07) is 11.7. The number of halogens is 4. The van der Waals surface area contributed by atoms with Crippen LogP contribution in [0, 0.1) is 0 Å². The van der Waals surface area contributed by atoms with E-state index in [2.05, 4.69) is 26.3 Å². The van der Waals surface area contributed by atoms with E-state index in [9.17, 15) is 18.0 Å². The number of para-hydroxylation sites is 1. The topological polar surface area (TPSA) is 46.9 Å². The van der Waals surface area contributed by atoms with Gasteiger partial charge in [-0.05, 0) is 46.6 Å². The molecule has 0 unspecified atom stereocenters. The molecule has 0 aliphatic heterocycles. The fraction of sp³-hybridized carbons (Fsp3) is 0.176. The van der Waals surface area contributed by atoms with Gasteiger partial charge in [-0.1, -0.05) is 18.2 Å². The molecule has 4 nitrogen and oxygen atoms in total. The number of aromatic nitrogens is 2. The number of alkyl halides is 3. The van der Waals surface area contributed by atoms with Crippen LogP contribution in [-0.4, -0.2) is 22.2 Å². The maximum atomic E-state index is 13.5. The molecule has 0 atom stereocenters. The highest BCUT2D eigenvalue weighted by atomic mass is 79.9. The van der Waals surface area contributed by atoms with Crippen LogP contribution in [0.1, 0.15) is 20.9 Å². The minimum Gasteiger partial charge on any atom is -0.352 e. The van der Waals surface area contributed by atoms with E-state index in [1.807, 2.05) is 12.1 Å². The smallest absolute Gasteiger partial charge is 0.352 e. The first-order valence-electron chi connectivity index (χ1n) is 7.59. The summed E-state index contributed by atoms with van der Waals surface area (Å²) in [7, 11) is 0. The zero-order valence-electron chi connectivity index (χ0n) is 13.3. The molecule has 0 radical (unpaired) electrons. The van der Waals surface area contributed by atoms with Crippen molar-refractivity contribution in [3.63, 3.8) is 0 Å². The second kappa shape index (κ2) is 7.63. The van der Waals surface area contributed by atoms with Gasteiger partial charge in [-0.15, -0.1) is 11.3 Å². The number of hydrogen-bond acceptors (Lipinski definition) is 3. The molecule has 9 heteroatoms. The summed E-state index contributed by atoms with van der Waals surface area (Å²) in [5.41, 5.74) is -1.34. The lowest BCUT2D eigenvalue weighted by Crippen LogP contribution is -2.28. The van der Waals surface area contributed by atoms with Gasteiger partial charge in [0, 0.05) is 11.4 Å². The highest BCUT2D eigenvalue weighted by Gasteiger charge is 2.40. The third kappa shape index (κ3) is 4.16. The Labute approximate surface area is 159 Å². The molecule has 0 aliphatic rings. The van der Waals surface area contributed by atoms with Crippen LogP contribution in [0.25, 0.3) is 5.69 Å². The number of carbonyl (C=O) groups is 1. The van der Waals surface area contributed by atoms with Crippen LogP contribution in [0.15, 0.2) is 52.4 Å². The largest absolute Gasteiger partial charge is 0.434 e. The van der Waals surface area contributed by atoms with Crippen LogP contribution < -0.4 is 5.32 Å². The lowest BCUT2D eigenvalue weighted by molar-refractivity contribution is -0.143. The van der Waals surface area contributed by atoms with Crippen LogP contribution in [0.4, 0.5) is 13.2 Å². The van der Waals surface area contributed by atoms with Crippen molar-refractivity contribution in [2.75, 3.05) is 6.54 Å². The van der Waals surface area contributed by atoms with Gasteiger partial charge in [0.25, 0.3) is 5.91 Å². The molecule has 0 bridgehead atoms. The van der Waals surface area contributed by atoms with Crippen LogP contribution in [0.3, 0.4) is 0 Å². The lowest BCUT2D eigenvalue weighted by atomic mass is 10.2. The number of benzene rings is 1. The first-order chi connectivity index (χ1) is 12.4. The molecule has 1 amide bonds. The third-order valence-corrected chi connectivity index (χ3v) is 5.25. The first-order valence-corrected chi connectivity index (χ1v) is 9.20. The van der Waals surface area contributed by atoms with Crippen molar-refractivity contribution < 1.29 is 18.0 Å². The van der Waals surface area contributed by atoms with Gasteiger partial charge < -0.3 is 5.32 Å². The van der Waals surface area contributed by atoms with Crippen molar-refractivity contribution in [3.05, 3.63) is 68.6 Å². The Bertz CT molecular complexity index is 906. The second-order valence-electron chi connectivity index (χ2n) is 5.36. The van der Waals surface area contributed by atoms with Gasteiger partial charge in [0.15, 0.2) is 5.69 Å². The van der Waals surface area contributed by atoms with E-state index in [1.165, 1.54) is 23.5 Å². The molecule has 3 aromatic rings. The average Bonchev–Trinajstić information content (AvgIpc) is 3.21. The number of carbonyl (C=O) groups excluding carboxylic acids is 1. The summed E-state index contributed by atoms with van der Waals surface area (Å²) < 4.78 is 42.3. The maximum Gasteiger partial charge on any atom is 0.434 e. The van der Waals surface area contributed by atoms with Gasteiger partial charge in [0.2, 0.25) is 0 Å². The average molecular weight is 444 g/mol. The Morgan fingerprint density at radius 2 is 1.92 bits per heavy atom. The molecule has 0 spiro atoms. The van der Waals surface area contributed by atoms with Crippen LogP contribution in [-0.2, 0) is 12.6 Å². The summed E-state index contributed by atoms with van der Waals surface area (Å²) in [6.45, 7) is 0.236. The maximum absolute atomic E-state index is 13.5. The van der Waals surface area contributed by atoms with Gasteiger partial charge in [0.1, 0.15) is 0 Å². The monoisotopic (exact) mass is 443 g/mol. The standard InChI is InChI=1S/C17H13BrF3N3OS/c18-14-7-6-12(26-14)8-9-22-16(25)13-10-23-24(15(13)17(19,20)21)11-4-2-1-3-5-11/h1-7,10H,8-9H2,(H,22,25). The molecule has 2 aromatic heterocycles. The summed E-state index contributed by atoms with van der Waals surface area (Å²) in [5, 5.41) is 6.31. The molecule has 1 N–H and O–H groups in total. The van der Waals surface area contributed by atoms with E-state index in [0.717, 1.165) is 19.5 Å². The van der Waals surface area contributed by atoms with E-state index in [1.54, 1.807) is 18.2 Å². The van der Waals surface area contributed by atoms with Gasteiger partial charge in [-0.3, -0.25) is 4.79 Å². The van der Waals surface area contributed by atoms with Gasteiger partial charge in [-0.25, -0.2) is 4.68 Å². The number of nitrogens with zero attached hydrogens (tertiary/aromatic N) is 2. The number of amides is 1. The van der Waals surface area contributed by atoms with E-state index >= 15 is 0 Å². The zero-order chi connectivity index (χ0) is 18.7. The van der Waals surface area contributed by atoms with Crippen molar-refractivity contribution in [3.8, 4) is 5.69 Å². The summed E-state index contributed by atoms with van der Waals surface area (Å²) >= 11 is 4.85. The second-order valence-corrected chi connectivity index (χ2v) is 7.91. The Morgan fingerprint density at radius 3 is 2.54 bits per heavy atom. The summed E-state index contributed by atoms with van der Waals surface area (Å²) in [6.07, 6.45) is -3.22. The number of hydrogen-bond donors (Lipinski definition) is 1. The molecular weight excluding hydrogens is 431 g/mol. The molecular formula is C17H13BrF3N3OS. The number of thiophene rings is 1. The summed E-state index contributed by atoms with van der Waals surface area (Å²) in [4.78, 5) is 13.3. The third-order valence-electron chi connectivity index (χ3n) is 3.57. The molecule has 0 aliphatic carbocycles. The van der Waals surface area contributed by atoms with Gasteiger partial charge in [0.05, 0.1) is 21.2 Å². The molecule has 2 heterocycles. The van der Waals surface area contributed by atoms with E-state index in [0.29, 0.717) is 6.42 Å². The predicted octanol–water partition coefficient (Wildman–Crippen LogP) is 4.69. The van der Waals surface area contributed by atoms with Gasteiger partial charge in [-0.2, -0.15) is 18.3 Å². The quantitative estimate of drug-likeness (QED) is 0.621. The van der Waals surface area contributed by atoms with Crippen molar-refractivity contribution >= 4 is 33.2 Å². The van der Waals surface area contributed by atoms with Crippen LogP contribution in [0.2, 0.25) is 0 Å². The van der Waals surface area contributed by atoms with Crippen molar-refractivity contribution in [1.29, 1.82) is 0 Å². The molecule has 1 aromatic carbocycles. The van der Waals surface area contributed by atoms with Gasteiger partial charge >= 0.3 is 6.18 Å². The van der Waals surface area contributed by atoms with Crippen LogP contribution >= 0.6 is 27.3 Å². The van der Waals surface area contributed by atoms with Crippen molar-refractivity contribution in [2.24, 2.45) is 0 Å². The molecule has 0 fully saturated rings. The van der Waals surface area contributed by atoms with Crippen LogP contribution in [0.5, 0.6) is 0 Å². The zero-order valence-corrected chi connectivity index (χ0v) is 15.7. The highest BCUT2D eigenvalue weighted by molar-refractivity contribution is 9.11. The molecule has 0 saturated carbocycles.